The molecule has 1 atom stereocenters. The largest absolute Gasteiger partial charge is 0.485 e. The van der Waals surface area contributed by atoms with Gasteiger partial charge in [-0.1, -0.05) is 23.4 Å². The predicted octanol–water partition coefficient (Wildman–Crippen LogP) is 2.58. The molecule has 0 spiro atoms. The molecule has 1 aliphatic rings. The summed E-state index contributed by atoms with van der Waals surface area (Å²) in [6.07, 6.45) is 1.70. The smallest absolute Gasteiger partial charge is 0.229 e. The van der Waals surface area contributed by atoms with E-state index in [0.29, 0.717) is 23.4 Å². The van der Waals surface area contributed by atoms with Crippen molar-refractivity contribution in [2.45, 2.75) is 38.4 Å². The Kier molecular flexibility index (Phi) is 3.21. The molecule has 0 bridgehead atoms. The molecule has 2 aromatic rings. The maximum atomic E-state index is 9.66. The SMILES string of the molecule is C[C@@H](O)c1ccccc1OCc1noc(C2CC2)n1. The van der Waals surface area contributed by atoms with Gasteiger partial charge in [0.2, 0.25) is 11.7 Å². The van der Waals surface area contributed by atoms with E-state index in [1.807, 2.05) is 24.3 Å². The third-order valence-corrected chi connectivity index (χ3v) is 3.14. The highest BCUT2D eigenvalue weighted by Gasteiger charge is 2.29. The fourth-order valence-corrected chi connectivity index (χ4v) is 1.92. The molecule has 0 amide bonds. The third-order valence-electron chi connectivity index (χ3n) is 3.14. The van der Waals surface area contributed by atoms with Crippen molar-refractivity contribution in [1.82, 2.24) is 10.1 Å². The quantitative estimate of drug-likeness (QED) is 0.894. The molecule has 0 radical (unpaired) electrons. The van der Waals surface area contributed by atoms with Crippen LogP contribution in [0.3, 0.4) is 0 Å². The highest BCUT2D eigenvalue weighted by atomic mass is 16.5. The molecule has 5 heteroatoms. The third kappa shape index (κ3) is 2.76. The van der Waals surface area contributed by atoms with Crippen LogP contribution in [0.2, 0.25) is 0 Å². The van der Waals surface area contributed by atoms with Gasteiger partial charge in [0.1, 0.15) is 5.75 Å². The van der Waals surface area contributed by atoms with E-state index < -0.39 is 6.10 Å². The zero-order valence-electron chi connectivity index (χ0n) is 10.7. The Morgan fingerprint density at radius 3 is 2.95 bits per heavy atom. The number of rotatable bonds is 5. The molecule has 3 rings (SSSR count). The van der Waals surface area contributed by atoms with Gasteiger partial charge >= 0.3 is 0 Å². The molecule has 1 fully saturated rings. The second-order valence-electron chi connectivity index (χ2n) is 4.83. The van der Waals surface area contributed by atoms with Crippen molar-refractivity contribution in [2.75, 3.05) is 0 Å². The number of aromatic nitrogens is 2. The molecule has 1 heterocycles. The van der Waals surface area contributed by atoms with Crippen LogP contribution in [0.5, 0.6) is 5.75 Å². The summed E-state index contributed by atoms with van der Waals surface area (Å²) in [5, 5.41) is 13.6. The summed E-state index contributed by atoms with van der Waals surface area (Å²) in [7, 11) is 0. The van der Waals surface area contributed by atoms with Crippen LogP contribution in [0, 0.1) is 0 Å². The summed E-state index contributed by atoms with van der Waals surface area (Å²) in [5.74, 6) is 2.35. The van der Waals surface area contributed by atoms with Gasteiger partial charge in [-0.2, -0.15) is 4.98 Å². The number of ether oxygens (including phenoxy) is 1. The van der Waals surface area contributed by atoms with Gasteiger partial charge in [-0.15, -0.1) is 0 Å². The zero-order chi connectivity index (χ0) is 13.2. The molecule has 5 nitrogen and oxygen atoms in total. The van der Waals surface area contributed by atoms with Crippen LogP contribution in [-0.4, -0.2) is 15.2 Å². The van der Waals surface area contributed by atoms with Crippen molar-refractivity contribution in [1.29, 1.82) is 0 Å². The second-order valence-corrected chi connectivity index (χ2v) is 4.83. The van der Waals surface area contributed by atoms with Gasteiger partial charge in [-0.05, 0) is 25.8 Å². The van der Waals surface area contributed by atoms with Gasteiger partial charge in [0.15, 0.2) is 6.61 Å². The Labute approximate surface area is 111 Å². The van der Waals surface area contributed by atoms with Crippen LogP contribution >= 0.6 is 0 Å². The highest BCUT2D eigenvalue weighted by molar-refractivity contribution is 5.34. The maximum Gasteiger partial charge on any atom is 0.229 e. The van der Waals surface area contributed by atoms with E-state index in [1.54, 1.807) is 6.92 Å². The predicted molar refractivity (Wildman–Crippen MR) is 67.7 cm³/mol. The van der Waals surface area contributed by atoms with Gasteiger partial charge in [-0.3, -0.25) is 0 Å². The Morgan fingerprint density at radius 1 is 1.42 bits per heavy atom. The molecule has 1 aliphatic carbocycles. The molecule has 1 saturated carbocycles. The Hall–Kier alpha value is -1.88. The minimum Gasteiger partial charge on any atom is -0.485 e. The highest BCUT2D eigenvalue weighted by Crippen LogP contribution is 2.38. The minimum atomic E-state index is -0.566. The van der Waals surface area contributed by atoms with Crippen molar-refractivity contribution in [3.8, 4) is 5.75 Å². The van der Waals surface area contributed by atoms with Gasteiger partial charge in [0.05, 0.1) is 6.10 Å². The van der Waals surface area contributed by atoms with Gasteiger partial charge in [0, 0.05) is 11.5 Å². The van der Waals surface area contributed by atoms with Gasteiger partial charge < -0.3 is 14.4 Å². The van der Waals surface area contributed by atoms with Gasteiger partial charge in [0.25, 0.3) is 0 Å². The fourth-order valence-electron chi connectivity index (χ4n) is 1.92. The van der Waals surface area contributed by atoms with Gasteiger partial charge in [-0.25, -0.2) is 0 Å². The van der Waals surface area contributed by atoms with E-state index in [-0.39, 0.29) is 6.61 Å². The minimum absolute atomic E-state index is 0.250. The van der Waals surface area contributed by atoms with E-state index in [4.69, 9.17) is 9.26 Å². The first-order valence-electron chi connectivity index (χ1n) is 6.46. The second kappa shape index (κ2) is 5.01. The summed E-state index contributed by atoms with van der Waals surface area (Å²) in [5.41, 5.74) is 0.758. The van der Waals surface area contributed by atoms with E-state index in [0.717, 1.165) is 18.4 Å². The van der Waals surface area contributed by atoms with Crippen molar-refractivity contribution >= 4 is 0 Å². The standard InChI is InChI=1S/C14H16N2O3/c1-9(17)11-4-2-3-5-12(11)18-8-13-15-14(19-16-13)10-6-7-10/h2-5,9-10,17H,6-8H2,1H3/t9-/m1/s1. The molecule has 0 saturated heterocycles. The summed E-state index contributed by atoms with van der Waals surface area (Å²) in [6.45, 7) is 1.96. The summed E-state index contributed by atoms with van der Waals surface area (Å²) >= 11 is 0. The average molecular weight is 260 g/mol. The molecule has 1 aromatic heterocycles. The first-order chi connectivity index (χ1) is 9.24. The summed E-state index contributed by atoms with van der Waals surface area (Å²) in [4.78, 5) is 4.30. The Bertz CT molecular complexity index is 561. The summed E-state index contributed by atoms with van der Waals surface area (Å²) < 4.78 is 10.8. The van der Waals surface area contributed by atoms with Crippen LogP contribution < -0.4 is 4.74 Å². The number of hydrogen-bond acceptors (Lipinski definition) is 5. The van der Waals surface area contributed by atoms with Crippen molar-refractivity contribution < 1.29 is 14.4 Å². The van der Waals surface area contributed by atoms with E-state index in [9.17, 15) is 5.11 Å². The number of aliphatic hydroxyl groups excluding tert-OH is 1. The lowest BCUT2D eigenvalue weighted by Gasteiger charge is -2.11. The number of para-hydroxylation sites is 1. The summed E-state index contributed by atoms with van der Waals surface area (Å²) in [6, 6.07) is 7.40. The fraction of sp³-hybridized carbons (Fsp3) is 0.429. The molecule has 100 valence electrons. The van der Waals surface area contributed by atoms with Crippen LogP contribution in [0.25, 0.3) is 0 Å². The monoisotopic (exact) mass is 260 g/mol. The first kappa shape index (κ1) is 12.2. The normalized spacial score (nSPS) is 16.3. The number of aliphatic hydroxyl groups is 1. The van der Waals surface area contributed by atoms with Crippen LogP contribution in [0.4, 0.5) is 0 Å². The molecule has 1 aromatic carbocycles. The molecule has 19 heavy (non-hydrogen) atoms. The molecule has 0 unspecified atom stereocenters. The average Bonchev–Trinajstić information content (AvgIpc) is 3.16. The lowest BCUT2D eigenvalue weighted by atomic mass is 10.1. The number of nitrogens with zero attached hydrogens (tertiary/aromatic N) is 2. The number of hydrogen-bond donors (Lipinski definition) is 1. The molecular weight excluding hydrogens is 244 g/mol. The zero-order valence-corrected chi connectivity index (χ0v) is 10.7. The number of benzene rings is 1. The molecule has 1 N–H and O–H groups in total. The molecule has 0 aliphatic heterocycles. The van der Waals surface area contributed by atoms with Crippen LogP contribution in [0.15, 0.2) is 28.8 Å². The Morgan fingerprint density at radius 2 is 2.21 bits per heavy atom. The lowest BCUT2D eigenvalue weighted by molar-refractivity contribution is 0.189. The first-order valence-corrected chi connectivity index (χ1v) is 6.46. The van der Waals surface area contributed by atoms with Crippen LogP contribution in [-0.2, 0) is 6.61 Å². The van der Waals surface area contributed by atoms with E-state index in [2.05, 4.69) is 10.1 Å². The van der Waals surface area contributed by atoms with Crippen molar-refractivity contribution in [3.05, 3.63) is 41.5 Å². The van der Waals surface area contributed by atoms with Crippen molar-refractivity contribution in [2.24, 2.45) is 0 Å². The Balaban J connectivity index is 1.67. The maximum absolute atomic E-state index is 9.66. The van der Waals surface area contributed by atoms with Crippen LogP contribution in [0.1, 0.15) is 49.1 Å². The van der Waals surface area contributed by atoms with E-state index in [1.165, 1.54) is 0 Å². The topological polar surface area (TPSA) is 68.4 Å². The lowest BCUT2D eigenvalue weighted by Crippen LogP contribution is -2.02. The molecular formula is C14H16N2O3. The van der Waals surface area contributed by atoms with E-state index >= 15 is 0 Å². The van der Waals surface area contributed by atoms with Crippen molar-refractivity contribution in [3.63, 3.8) is 0 Å².